The average Bonchev–Trinajstić information content (AvgIpc) is 2.69. The van der Waals surface area contributed by atoms with Crippen molar-refractivity contribution in [3.63, 3.8) is 0 Å². The van der Waals surface area contributed by atoms with Gasteiger partial charge in [-0.3, -0.25) is 4.79 Å². The number of carbonyl (C=O) groups excluding carboxylic acids is 1. The minimum atomic E-state index is -0.304. The summed E-state index contributed by atoms with van der Waals surface area (Å²) in [5.41, 5.74) is 0. The van der Waals surface area contributed by atoms with Crippen LogP contribution in [0.25, 0.3) is 0 Å². The Hall–Kier alpha value is -0.610. The maximum Gasteiger partial charge on any atom is 0.227 e. The number of carbonyl (C=O) groups is 1. The molecule has 2 saturated heterocycles. The quantitative estimate of drug-likeness (QED) is 0.601. The Morgan fingerprint density at radius 2 is 2.29 bits per heavy atom. The van der Waals surface area contributed by atoms with Crippen LogP contribution in [0, 0.1) is 5.92 Å². The van der Waals surface area contributed by atoms with Crippen molar-refractivity contribution in [3.05, 3.63) is 0 Å². The number of aliphatic hydroxyl groups excluding tert-OH is 1. The second kappa shape index (κ2) is 4.28. The second-order valence-corrected chi connectivity index (χ2v) is 4.27. The van der Waals surface area contributed by atoms with E-state index in [1.165, 1.54) is 0 Å². The molecule has 0 bridgehead atoms. The van der Waals surface area contributed by atoms with Gasteiger partial charge in [-0.1, -0.05) is 0 Å². The molecule has 0 aromatic rings. The van der Waals surface area contributed by atoms with Crippen LogP contribution < -0.4 is 5.32 Å². The van der Waals surface area contributed by atoms with Crippen molar-refractivity contribution in [1.82, 2.24) is 10.2 Å². The third kappa shape index (κ3) is 2.07. The van der Waals surface area contributed by atoms with E-state index in [4.69, 9.17) is 0 Å². The largest absolute Gasteiger partial charge is 0.391 e. The molecule has 0 spiro atoms. The van der Waals surface area contributed by atoms with Crippen LogP contribution in [0.5, 0.6) is 0 Å². The van der Waals surface area contributed by atoms with Gasteiger partial charge in [0.05, 0.1) is 12.0 Å². The van der Waals surface area contributed by atoms with E-state index in [1.807, 2.05) is 4.90 Å². The third-order valence-corrected chi connectivity index (χ3v) is 3.12. The van der Waals surface area contributed by atoms with Crippen LogP contribution in [-0.4, -0.2) is 48.2 Å². The molecule has 14 heavy (non-hydrogen) atoms. The van der Waals surface area contributed by atoms with Crippen LogP contribution in [0.15, 0.2) is 0 Å². The van der Waals surface area contributed by atoms with E-state index in [-0.39, 0.29) is 17.9 Å². The smallest absolute Gasteiger partial charge is 0.227 e. The standard InChI is InChI=1S/C10H18N2O2/c13-9-2-1-5-12(7-9)10(14)8-3-4-11-6-8/h8-9,11,13H,1-7H2/t8-,9+/m0/s1. The summed E-state index contributed by atoms with van der Waals surface area (Å²) in [4.78, 5) is 13.7. The van der Waals surface area contributed by atoms with Gasteiger partial charge in [0.25, 0.3) is 0 Å². The lowest BCUT2D eigenvalue weighted by Crippen LogP contribution is -2.45. The molecule has 2 atom stereocenters. The summed E-state index contributed by atoms with van der Waals surface area (Å²) in [5, 5.41) is 12.7. The van der Waals surface area contributed by atoms with Gasteiger partial charge in [-0.05, 0) is 25.8 Å². The first-order chi connectivity index (χ1) is 6.77. The van der Waals surface area contributed by atoms with E-state index in [2.05, 4.69) is 5.32 Å². The Morgan fingerprint density at radius 3 is 2.93 bits per heavy atom. The van der Waals surface area contributed by atoms with E-state index in [0.29, 0.717) is 6.54 Å². The highest BCUT2D eigenvalue weighted by Gasteiger charge is 2.29. The molecule has 0 radical (unpaired) electrons. The van der Waals surface area contributed by atoms with Gasteiger partial charge in [0.2, 0.25) is 5.91 Å². The van der Waals surface area contributed by atoms with Gasteiger partial charge in [-0.25, -0.2) is 0 Å². The van der Waals surface area contributed by atoms with Gasteiger partial charge < -0.3 is 15.3 Å². The first-order valence-electron chi connectivity index (χ1n) is 5.45. The molecule has 80 valence electrons. The fourth-order valence-corrected chi connectivity index (χ4v) is 2.28. The minimum absolute atomic E-state index is 0.153. The summed E-state index contributed by atoms with van der Waals surface area (Å²) >= 11 is 0. The zero-order valence-electron chi connectivity index (χ0n) is 8.41. The molecule has 2 N–H and O–H groups in total. The molecule has 4 nitrogen and oxygen atoms in total. The van der Waals surface area contributed by atoms with Crippen LogP contribution >= 0.6 is 0 Å². The molecular formula is C10H18N2O2. The van der Waals surface area contributed by atoms with E-state index < -0.39 is 0 Å². The number of amides is 1. The van der Waals surface area contributed by atoms with Crippen LogP contribution in [0.2, 0.25) is 0 Å². The number of piperidine rings is 1. The van der Waals surface area contributed by atoms with Gasteiger partial charge in [0.15, 0.2) is 0 Å². The van der Waals surface area contributed by atoms with Crippen LogP contribution in [-0.2, 0) is 4.79 Å². The lowest BCUT2D eigenvalue weighted by atomic mass is 10.0. The SMILES string of the molecule is O=C([C@H]1CCNC1)N1CCC[C@@H](O)C1. The number of rotatable bonds is 1. The molecule has 4 heteroatoms. The van der Waals surface area contributed by atoms with Crippen molar-refractivity contribution < 1.29 is 9.90 Å². The Bertz CT molecular complexity index is 214. The Labute approximate surface area is 84.3 Å². The van der Waals surface area contributed by atoms with E-state index in [1.54, 1.807) is 0 Å². The summed E-state index contributed by atoms with van der Waals surface area (Å²) in [6.45, 7) is 3.12. The molecule has 0 aromatic heterocycles. The topological polar surface area (TPSA) is 52.6 Å². The number of hydrogen-bond acceptors (Lipinski definition) is 3. The summed E-state index contributed by atoms with van der Waals surface area (Å²) < 4.78 is 0. The van der Waals surface area contributed by atoms with Gasteiger partial charge in [0.1, 0.15) is 0 Å². The predicted molar refractivity (Wildman–Crippen MR) is 52.8 cm³/mol. The zero-order valence-corrected chi connectivity index (χ0v) is 8.41. The van der Waals surface area contributed by atoms with Gasteiger partial charge >= 0.3 is 0 Å². The predicted octanol–water partition coefficient (Wildman–Crippen LogP) is -0.421. The molecule has 2 heterocycles. The van der Waals surface area contributed by atoms with E-state index >= 15 is 0 Å². The normalized spacial score (nSPS) is 33.4. The van der Waals surface area contributed by atoms with Crippen molar-refractivity contribution in [1.29, 1.82) is 0 Å². The molecule has 0 saturated carbocycles. The lowest BCUT2D eigenvalue weighted by Gasteiger charge is -2.31. The Morgan fingerprint density at radius 1 is 1.43 bits per heavy atom. The summed E-state index contributed by atoms with van der Waals surface area (Å²) in [6, 6.07) is 0. The maximum absolute atomic E-state index is 11.9. The lowest BCUT2D eigenvalue weighted by molar-refractivity contribution is -0.137. The zero-order chi connectivity index (χ0) is 9.97. The number of aliphatic hydroxyl groups is 1. The number of β-amino-alcohol motifs (C(OH)–C–C–N with tert-alkyl or cyclic N) is 1. The first-order valence-corrected chi connectivity index (χ1v) is 5.45. The summed E-state index contributed by atoms with van der Waals surface area (Å²) in [7, 11) is 0. The molecular weight excluding hydrogens is 180 g/mol. The molecule has 2 aliphatic rings. The fraction of sp³-hybridized carbons (Fsp3) is 0.900. The van der Waals surface area contributed by atoms with Gasteiger partial charge in [-0.15, -0.1) is 0 Å². The van der Waals surface area contributed by atoms with E-state index in [0.717, 1.165) is 38.9 Å². The van der Waals surface area contributed by atoms with Crippen molar-refractivity contribution in [2.24, 2.45) is 5.92 Å². The molecule has 1 amide bonds. The van der Waals surface area contributed by atoms with Crippen molar-refractivity contribution in [3.8, 4) is 0 Å². The van der Waals surface area contributed by atoms with Gasteiger partial charge in [-0.2, -0.15) is 0 Å². The molecule has 2 aliphatic heterocycles. The highest BCUT2D eigenvalue weighted by atomic mass is 16.3. The minimum Gasteiger partial charge on any atom is -0.391 e. The summed E-state index contributed by atoms with van der Waals surface area (Å²) in [6.07, 6.45) is 2.42. The van der Waals surface area contributed by atoms with Crippen molar-refractivity contribution >= 4 is 5.91 Å². The van der Waals surface area contributed by atoms with E-state index in [9.17, 15) is 9.90 Å². The molecule has 2 rings (SSSR count). The highest BCUT2D eigenvalue weighted by Crippen LogP contribution is 2.16. The fourth-order valence-electron chi connectivity index (χ4n) is 2.28. The molecule has 0 aromatic carbocycles. The summed E-state index contributed by atoms with van der Waals surface area (Å²) in [5.74, 6) is 0.383. The third-order valence-electron chi connectivity index (χ3n) is 3.12. The Balaban J connectivity index is 1.89. The van der Waals surface area contributed by atoms with Crippen LogP contribution in [0.3, 0.4) is 0 Å². The first kappa shape index (κ1) is 9.93. The highest BCUT2D eigenvalue weighted by molar-refractivity contribution is 5.79. The number of likely N-dealkylation sites (tertiary alicyclic amines) is 1. The monoisotopic (exact) mass is 198 g/mol. The average molecular weight is 198 g/mol. The molecule has 0 aliphatic carbocycles. The van der Waals surface area contributed by atoms with Gasteiger partial charge in [0, 0.05) is 19.6 Å². The van der Waals surface area contributed by atoms with Crippen molar-refractivity contribution in [2.45, 2.75) is 25.4 Å². The van der Waals surface area contributed by atoms with Crippen LogP contribution in [0.4, 0.5) is 0 Å². The molecule has 0 unspecified atom stereocenters. The Kier molecular flexibility index (Phi) is 3.03. The number of nitrogens with one attached hydrogen (secondary N) is 1. The molecule has 2 fully saturated rings. The number of hydrogen-bond donors (Lipinski definition) is 2. The second-order valence-electron chi connectivity index (χ2n) is 4.27. The van der Waals surface area contributed by atoms with Crippen molar-refractivity contribution in [2.75, 3.05) is 26.2 Å². The number of nitrogens with zero attached hydrogens (tertiary/aromatic N) is 1. The maximum atomic E-state index is 11.9. The van der Waals surface area contributed by atoms with Crippen LogP contribution in [0.1, 0.15) is 19.3 Å².